The Hall–Kier alpha value is -4.26. The van der Waals surface area contributed by atoms with Crippen LogP contribution in [0.1, 0.15) is 27.0 Å². The summed E-state index contributed by atoms with van der Waals surface area (Å²) in [4.78, 5) is 30.1. The maximum Gasteiger partial charge on any atom is 0.264 e. The summed E-state index contributed by atoms with van der Waals surface area (Å²) in [6.45, 7) is 5.23. The van der Waals surface area contributed by atoms with Gasteiger partial charge in [-0.25, -0.2) is 9.67 Å². The van der Waals surface area contributed by atoms with Crippen molar-refractivity contribution in [2.24, 2.45) is 0 Å². The Balaban J connectivity index is 1.32. The minimum Gasteiger partial charge on any atom is -0.350 e. The standard InChI is InChI=1S/C27H25N5O2/c1-18-10-11-21(14-19(18)2)26(33)28-12-13-32-25-24(15-30-32)27(34)31(17-29-25)16-22-8-5-7-20-6-3-4-9-23(20)22/h3-11,14-15,17H,12-13,16H2,1-2H3,(H,28,33). The number of rotatable bonds is 6. The van der Waals surface area contributed by atoms with Gasteiger partial charge in [0.2, 0.25) is 0 Å². The second-order valence-electron chi connectivity index (χ2n) is 8.48. The van der Waals surface area contributed by atoms with Crippen LogP contribution in [0.4, 0.5) is 0 Å². The van der Waals surface area contributed by atoms with Gasteiger partial charge >= 0.3 is 0 Å². The third-order valence-electron chi connectivity index (χ3n) is 6.22. The van der Waals surface area contributed by atoms with Crippen LogP contribution in [0.15, 0.2) is 78.0 Å². The summed E-state index contributed by atoms with van der Waals surface area (Å²) >= 11 is 0. The Morgan fingerprint density at radius 3 is 2.65 bits per heavy atom. The van der Waals surface area contributed by atoms with E-state index in [4.69, 9.17) is 0 Å². The van der Waals surface area contributed by atoms with Gasteiger partial charge in [-0.2, -0.15) is 5.10 Å². The van der Waals surface area contributed by atoms with Gasteiger partial charge in [0.1, 0.15) is 11.7 Å². The van der Waals surface area contributed by atoms with Crippen molar-refractivity contribution in [3.05, 3.63) is 106 Å². The Labute approximate surface area is 196 Å². The number of fused-ring (bicyclic) bond motifs is 2. The first kappa shape index (κ1) is 21.6. The molecule has 0 aliphatic carbocycles. The molecule has 2 aromatic heterocycles. The second kappa shape index (κ2) is 8.94. The fraction of sp³-hybridized carbons (Fsp3) is 0.185. The van der Waals surface area contributed by atoms with E-state index < -0.39 is 0 Å². The highest BCUT2D eigenvalue weighted by atomic mass is 16.1. The van der Waals surface area contributed by atoms with E-state index in [1.807, 2.05) is 56.3 Å². The first-order chi connectivity index (χ1) is 16.5. The zero-order valence-electron chi connectivity index (χ0n) is 19.2. The van der Waals surface area contributed by atoms with Crippen molar-refractivity contribution >= 4 is 27.7 Å². The molecule has 0 unspecified atom stereocenters. The highest BCUT2D eigenvalue weighted by Gasteiger charge is 2.12. The minimum atomic E-state index is -0.136. The van der Waals surface area contributed by atoms with Gasteiger partial charge in [-0.3, -0.25) is 14.2 Å². The topological polar surface area (TPSA) is 81.8 Å². The number of hydrogen-bond acceptors (Lipinski definition) is 4. The Morgan fingerprint density at radius 2 is 1.79 bits per heavy atom. The van der Waals surface area contributed by atoms with Crippen molar-refractivity contribution in [2.45, 2.75) is 26.9 Å². The van der Waals surface area contributed by atoms with Gasteiger partial charge in [0, 0.05) is 12.1 Å². The van der Waals surface area contributed by atoms with Crippen molar-refractivity contribution < 1.29 is 4.79 Å². The summed E-state index contributed by atoms with van der Waals surface area (Å²) in [5.41, 5.74) is 4.29. The molecule has 0 fully saturated rings. The van der Waals surface area contributed by atoms with Crippen LogP contribution in [-0.2, 0) is 13.1 Å². The van der Waals surface area contributed by atoms with Crippen LogP contribution in [0.3, 0.4) is 0 Å². The molecule has 34 heavy (non-hydrogen) atoms. The Bertz CT molecular complexity index is 1580. The smallest absolute Gasteiger partial charge is 0.264 e. The fourth-order valence-electron chi connectivity index (χ4n) is 4.15. The van der Waals surface area contributed by atoms with E-state index in [2.05, 4.69) is 33.6 Å². The van der Waals surface area contributed by atoms with Gasteiger partial charge in [-0.1, -0.05) is 48.5 Å². The molecule has 0 bridgehead atoms. The van der Waals surface area contributed by atoms with Crippen LogP contribution in [0, 0.1) is 13.8 Å². The Kier molecular flexibility index (Phi) is 5.67. The van der Waals surface area contributed by atoms with Gasteiger partial charge in [0.15, 0.2) is 5.65 Å². The number of benzene rings is 3. The van der Waals surface area contributed by atoms with E-state index >= 15 is 0 Å². The molecule has 0 saturated heterocycles. The van der Waals surface area contributed by atoms with Crippen molar-refractivity contribution in [3.63, 3.8) is 0 Å². The number of aromatic nitrogens is 4. The third-order valence-corrected chi connectivity index (χ3v) is 6.22. The zero-order valence-corrected chi connectivity index (χ0v) is 19.2. The summed E-state index contributed by atoms with van der Waals surface area (Å²) in [6, 6.07) is 19.9. The van der Waals surface area contributed by atoms with Gasteiger partial charge < -0.3 is 5.32 Å². The molecule has 0 aliphatic heterocycles. The first-order valence-electron chi connectivity index (χ1n) is 11.2. The lowest BCUT2D eigenvalue weighted by molar-refractivity contribution is 0.0952. The number of aryl methyl sites for hydroxylation is 2. The largest absolute Gasteiger partial charge is 0.350 e. The summed E-state index contributed by atoms with van der Waals surface area (Å²) in [5, 5.41) is 9.97. The first-order valence-corrected chi connectivity index (χ1v) is 11.2. The number of nitrogens with zero attached hydrogens (tertiary/aromatic N) is 4. The van der Waals surface area contributed by atoms with Crippen LogP contribution in [-0.4, -0.2) is 31.8 Å². The molecule has 0 radical (unpaired) electrons. The minimum absolute atomic E-state index is 0.134. The van der Waals surface area contributed by atoms with Crippen LogP contribution < -0.4 is 10.9 Å². The summed E-state index contributed by atoms with van der Waals surface area (Å²) in [5.74, 6) is -0.134. The Morgan fingerprint density at radius 1 is 0.971 bits per heavy atom. The van der Waals surface area contributed by atoms with Crippen molar-refractivity contribution in [2.75, 3.05) is 6.54 Å². The van der Waals surface area contributed by atoms with Crippen LogP contribution >= 0.6 is 0 Å². The van der Waals surface area contributed by atoms with Crippen LogP contribution in [0.25, 0.3) is 21.8 Å². The van der Waals surface area contributed by atoms with Gasteiger partial charge in [-0.05, 0) is 53.4 Å². The van der Waals surface area contributed by atoms with Crippen molar-refractivity contribution in [1.82, 2.24) is 24.6 Å². The van der Waals surface area contributed by atoms with E-state index in [0.717, 1.165) is 27.5 Å². The molecule has 5 aromatic rings. The maximum absolute atomic E-state index is 13.1. The molecule has 0 spiro atoms. The quantitative estimate of drug-likeness (QED) is 0.425. The predicted octanol–water partition coefficient (Wildman–Crippen LogP) is 3.84. The van der Waals surface area contributed by atoms with E-state index in [9.17, 15) is 9.59 Å². The summed E-state index contributed by atoms with van der Waals surface area (Å²) in [7, 11) is 0. The normalized spacial score (nSPS) is 11.2. The second-order valence-corrected chi connectivity index (χ2v) is 8.48. The number of amides is 1. The average Bonchev–Trinajstić information content (AvgIpc) is 3.26. The zero-order chi connectivity index (χ0) is 23.7. The fourth-order valence-corrected chi connectivity index (χ4v) is 4.15. The van der Waals surface area contributed by atoms with Crippen molar-refractivity contribution in [3.8, 4) is 0 Å². The molecule has 0 atom stereocenters. The predicted molar refractivity (Wildman–Crippen MR) is 133 cm³/mol. The molecule has 5 rings (SSSR count). The lowest BCUT2D eigenvalue weighted by atomic mass is 10.0. The lowest BCUT2D eigenvalue weighted by Gasteiger charge is -2.10. The third kappa shape index (κ3) is 4.08. The highest BCUT2D eigenvalue weighted by molar-refractivity contribution is 5.94. The number of carbonyl (C=O) groups is 1. The molecular formula is C27H25N5O2. The number of hydrogen-bond donors (Lipinski definition) is 1. The lowest BCUT2D eigenvalue weighted by Crippen LogP contribution is -2.28. The molecule has 0 saturated carbocycles. The monoisotopic (exact) mass is 451 g/mol. The molecule has 7 nitrogen and oxygen atoms in total. The molecule has 1 N–H and O–H groups in total. The number of carbonyl (C=O) groups excluding carboxylic acids is 1. The van der Waals surface area contributed by atoms with E-state index in [1.54, 1.807) is 21.8 Å². The van der Waals surface area contributed by atoms with Crippen LogP contribution in [0.2, 0.25) is 0 Å². The molecule has 170 valence electrons. The van der Waals surface area contributed by atoms with Gasteiger partial charge in [0.25, 0.3) is 11.5 Å². The van der Waals surface area contributed by atoms with E-state index in [-0.39, 0.29) is 11.5 Å². The summed E-state index contributed by atoms with van der Waals surface area (Å²) < 4.78 is 3.26. The molecular weight excluding hydrogens is 426 g/mol. The van der Waals surface area contributed by atoms with Gasteiger partial charge in [-0.15, -0.1) is 0 Å². The molecule has 1 amide bonds. The van der Waals surface area contributed by atoms with E-state index in [0.29, 0.717) is 36.2 Å². The molecule has 2 heterocycles. The SMILES string of the molecule is Cc1ccc(C(=O)NCCn2ncc3c(=O)n(Cc4cccc5ccccc45)cnc32)cc1C. The van der Waals surface area contributed by atoms with Crippen molar-refractivity contribution in [1.29, 1.82) is 0 Å². The number of nitrogens with one attached hydrogen (secondary N) is 1. The maximum atomic E-state index is 13.1. The highest BCUT2D eigenvalue weighted by Crippen LogP contribution is 2.19. The van der Waals surface area contributed by atoms with Crippen LogP contribution in [0.5, 0.6) is 0 Å². The summed E-state index contributed by atoms with van der Waals surface area (Å²) in [6.07, 6.45) is 3.12. The molecule has 0 aliphatic rings. The van der Waals surface area contributed by atoms with Gasteiger partial charge in [0.05, 0.1) is 19.3 Å². The molecule has 7 heteroatoms. The average molecular weight is 452 g/mol. The molecule has 3 aromatic carbocycles. The van der Waals surface area contributed by atoms with E-state index in [1.165, 1.54) is 0 Å².